The average molecular weight is 226 g/mol. The van der Waals surface area contributed by atoms with E-state index in [-0.39, 0.29) is 6.54 Å². The van der Waals surface area contributed by atoms with Crippen molar-refractivity contribution >= 4 is 13.5 Å². The minimum atomic E-state index is -4.23. The van der Waals surface area contributed by atoms with E-state index < -0.39 is 19.3 Å². The molecule has 7 nitrogen and oxygen atoms in total. The van der Waals surface area contributed by atoms with Gasteiger partial charge in [0.05, 0.1) is 6.54 Å². The Morgan fingerprint density at radius 2 is 1.86 bits per heavy atom. The molecule has 0 aliphatic carbocycles. The second-order valence-electron chi connectivity index (χ2n) is 3.05. The number of likely N-dealkylation sites (N-methyl/N-ethyl adjacent to an activating group) is 2. The van der Waals surface area contributed by atoms with E-state index in [0.717, 1.165) is 7.05 Å². The molecule has 0 aromatic rings. The van der Waals surface area contributed by atoms with E-state index in [1.54, 1.807) is 0 Å². The highest BCUT2D eigenvalue weighted by Crippen LogP contribution is 2.41. The number of carbonyl (C=O) groups is 1. The first kappa shape index (κ1) is 13.5. The zero-order chi connectivity index (χ0) is 11.5. The normalized spacial score (nSPS) is 14.2. The van der Waals surface area contributed by atoms with Crippen LogP contribution in [0.5, 0.6) is 0 Å². The number of hydrogen-bond donors (Lipinski definition) is 3. The van der Waals surface area contributed by atoms with E-state index in [2.05, 4.69) is 0 Å². The first-order valence-corrected chi connectivity index (χ1v) is 5.55. The van der Waals surface area contributed by atoms with Crippen molar-refractivity contribution in [3.8, 4) is 0 Å². The van der Waals surface area contributed by atoms with E-state index in [9.17, 15) is 9.36 Å². The molecule has 1 unspecified atom stereocenters. The fourth-order valence-electron chi connectivity index (χ4n) is 0.705. The monoisotopic (exact) mass is 226 g/mol. The van der Waals surface area contributed by atoms with Crippen LogP contribution in [0.1, 0.15) is 6.92 Å². The highest BCUT2D eigenvalue weighted by molar-refractivity contribution is 7.52. The first-order valence-electron chi connectivity index (χ1n) is 3.87. The van der Waals surface area contributed by atoms with Crippen LogP contribution < -0.4 is 0 Å². The summed E-state index contributed by atoms with van der Waals surface area (Å²) in [6, 6.07) is 0. The van der Waals surface area contributed by atoms with Gasteiger partial charge >= 0.3 is 7.60 Å². The van der Waals surface area contributed by atoms with Crippen molar-refractivity contribution in [3.63, 3.8) is 0 Å². The summed E-state index contributed by atoms with van der Waals surface area (Å²) in [4.78, 5) is 29.7. The summed E-state index contributed by atoms with van der Waals surface area (Å²) in [5, 5.41) is 9.10. The van der Waals surface area contributed by atoms with E-state index >= 15 is 0 Å². The standard InChI is InChI=1S/C6H15N2O5P/c1-5(14(11,12)13)7(2)4-6(9)8(3)10/h5,10H,4H2,1-3H3,(H2,11,12,13). The van der Waals surface area contributed by atoms with Gasteiger partial charge < -0.3 is 9.79 Å². The largest absolute Gasteiger partial charge is 0.342 e. The smallest absolute Gasteiger partial charge is 0.323 e. The summed E-state index contributed by atoms with van der Waals surface area (Å²) in [6.45, 7) is 1.06. The number of hydroxylamine groups is 2. The maximum atomic E-state index is 11.0. The molecule has 1 atom stereocenters. The molecule has 0 aromatic heterocycles. The number of rotatable bonds is 4. The second kappa shape index (κ2) is 4.86. The fourth-order valence-corrected chi connectivity index (χ4v) is 1.30. The van der Waals surface area contributed by atoms with Crippen molar-refractivity contribution in [2.45, 2.75) is 12.7 Å². The van der Waals surface area contributed by atoms with Gasteiger partial charge in [-0.1, -0.05) is 0 Å². The third kappa shape index (κ3) is 4.17. The number of amides is 1. The molecule has 0 aromatic carbocycles. The third-order valence-corrected chi connectivity index (χ3v) is 3.24. The molecule has 8 heteroatoms. The predicted molar refractivity (Wildman–Crippen MR) is 48.7 cm³/mol. The molecule has 0 heterocycles. The summed E-state index contributed by atoms with van der Waals surface area (Å²) in [5.41, 5.74) is 0. The summed E-state index contributed by atoms with van der Waals surface area (Å²) in [6.07, 6.45) is 0. The Hall–Kier alpha value is -0.460. The molecule has 0 fully saturated rings. The lowest BCUT2D eigenvalue weighted by molar-refractivity contribution is -0.160. The van der Waals surface area contributed by atoms with Crippen molar-refractivity contribution < 1.29 is 24.4 Å². The van der Waals surface area contributed by atoms with Gasteiger partial charge in [-0.05, 0) is 14.0 Å². The van der Waals surface area contributed by atoms with Crippen molar-refractivity contribution in [2.24, 2.45) is 0 Å². The van der Waals surface area contributed by atoms with Gasteiger partial charge in [0.25, 0.3) is 5.91 Å². The Balaban J connectivity index is 4.29. The van der Waals surface area contributed by atoms with Gasteiger partial charge in [0, 0.05) is 7.05 Å². The molecule has 0 aliphatic heterocycles. The molecule has 0 rings (SSSR count). The van der Waals surface area contributed by atoms with Gasteiger partial charge in [-0.3, -0.25) is 19.5 Å². The van der Waals surface area contributed by atoms with Gasteiger partial charge in [0.15, 0.2) is 0 Å². The Bertz CT molecular complexity index is 251. The van der Waals surface area contributed by atoms with Crippen LogP contribution in [0, 0.1) is 0 Å². The van der Waals surface area contributed by atoms with E-state index in [1.807, 2.05) is 0 Å². The minimum Gasteiger partial charge on any atom is -0.323 e. The minimum absolute atomic E-state index is 0.251. The first-order chi connectivity index (χ1) is 6.16. The molecular formula is C6H15N2O5P. The SMILES string of the molecule is CC(N(C)CC(=O)N(C)O)P(=O)(O)O. The molecular weight excluding hydrogens is 211 g/mol. The van der Waals surface area contributed by atoms with Crippen LogP contribution in [-0.4, -0.2) is 57.3 Å². The molecule has 84 valence electrons. The van der Waals surface area contributed by atoms with Crippen LogP contribution in [-0.2, 0) is 9.36 Å². The lowest BCUT2D eigenvalue weighted by Gasteiger charge is -2.25. The highest BCUT2D eigenvalue weighted by atomic mass is 31.2. The molecule has 3 N–H and O–H groups in total. The number of carbonyl (C=O) groups excluding carboxylic acids is 1. The number of hydrogen-bond acceptors (Lipinski definition) is 4. The molecule has 0 saturated heterocycles. The van der Waals surface area contributed by atoms with Gasteiger partial charge in [-0.25, -0.2) is 5.06 Å². The van der Waals surface area contributed by atoms with Crippen molar-refractivity contribution in [1.29, 1.82) is 0 Å². The number of nitrogens with zero attached hydrogens (tertiary/aromatic N) is 2. The van der Waals surface area contributed by atoms with Gasteiger partial charge in [0.1, 0.15) is 5.78 Å². The average Bonchev–Trinajstić information content (AvgIpc) is 2.00. The Kier molecular flexibility index (Phi) is 4.70. The molecule has 0 aliphatic rings. The van der Waals surface area contributed by atoms with E-state index in [1.165, 1.54) is 18.9 Å². The lowest BCUT2D eigenvalue weighted by atomic mass is 10.5. The van der Waals surface area contributed by atoms with Crippen molar-refractivity contribution in [2.75, 3.05) is 20.6 Å². The van der Waals surface area contributed by atoms with Gasteiger partial charge in [-0.15, -0.1) is 0 Å². The van der Waals surface area contributed by atoms with E-state index in [4.69, 9.17) is 15.0 Å². The maximum Gasteiger partial charge on any atom is 0.342 e. The summed E-state index contributed by atoms with van der Waals surface area (Å²) in [5.74, 6) is -1.68. The molecule has 0 bridgehead atoms. The highest BCUT2D eigenvalue weighted by Gasteiger charge is 2.29. The zero-order valence-corrected chi connectivity index (χ0v) is 9.18. The second-order valence-corrected chi connectivity index (χ2v) is 4.98. The Labute approximate surface area is 82.0 Å². The van der Waals surface area contributed by atoms with Crippen LogP contribution in [0.2, 0.25) is 0 Å². The lowest BCUT2D eigenvalue weighted by Crippen LogP contribution is -2.39. The Morgan fingerprint density at radius 3 is 2.14 bits per heavy atom. The molecule has 14 heavy (non-hydrogen) atoms. The van der Waals surface area contributed by atoms with E-state index in [0.29, 0.717) is 5.06 Å². The quantitative estimate of drug-likeness (QED) is 0.332. The van der Waals surface area contributed by atoms with Crippen molar-refractivity contribution in [1.82, 2.24) is 9.96 Å². The van der Waals surface area contributed by atoms with Crippen LogP contribution in [0.25, 0.3) is 0 Å². The molecule has 0 saturated carbocycles. The van der Waals surface area contributed by atoms with Crippen LogP contribution in [0.3, 0.4) is 0 Å². The van der Waals surface area contributed by atoms with Crippen LogP contribution >= 0.6 is 7.60 Å². The topological polar surface area (TPSA) is 101 Å². The maximum absolute atomic E-state index is 11.0. The molecule has 0 radical (unpaired) electrons. The summed E-state index contributed by atoms with van der Waals surface area (Å²) < 4.78 is 10.8. The summed E-state index contributed by atoms with van der Waals surface area (Å²) >= 11 is 0. The predicted octanol–water partition coefficient (Wildman–Crippen LogP) is -0.710. The van der Waals surface area contributed by atoms with Crippen molar-refractivity contribution in [3.05, 3.63) is 0 Å². The molecule has 0 spiro atoms. The Morgan fingerprint density at radius 1 is 1.43 bits per heavy atom. The zero-order valence-electron chi connectivity index (χ0n) is 8.28. The third-order valence-electron chi connectivity index (χ3n) is 1.87. The van der Waals surface area contributed by atoms with Gasteiger partial charge in [-0.2, -0.15) is 0 Å². The summed E-state index contributed by atoms with van der Waals surface area (Å²) in [7, 11) is -1.68. The van der Waals surface area contributed by atoms with Gasteiger partial charge in [0.2, 0.25) is 0 Å². The fraction of sp³-hybridized carbons (Fsp3) is 0.833. The van der Waals surface area contributed by atoms with Crippen LogP contribution in [0.15, 0.2) is 0 Å². The molecule has 1 amide bonds. The van der Waals surface area contributed by atoms with Crippen LogP contribution in [0.4, 0.5) is 0 Å².